The number of hydrogen-bond acceptors (Lipinski definition) is 7. The van der Waals surface area contributed by atoms with Crippen LogP contribution in [-0.4, -0.2) is 51.5 Å². The molecule has 0 aliphatic carbocycles. The number of fused-ring (bicyclic) bond motifs is 1. The Morgan fingerprint density at radius 1 is 1.09 bits per heavy atom. The maximum absolute atomic E-state index is 13.9. The van der Waals surface area contributed by atoms with Crippen molar-refractivity contribution < 1.29 is 31.9 Å². The van der Waals surface area contributed by atoms with Crippen molar-refractivity contribution in [2.45, 2.75) is 24.3 Å². The van der Waals surface area contributed by atoms with Crippen LogP contribution in [0.25, 0.3) is 0 Å². The lowest BCUT2D eigenvalue weighted by Crippen LogP contribution is -2.44. The van der Waals surface area contributed by atoms with Gasteiger partial charge in [-0.1, -0.05) is 0 Å². The molecule has 0 aromatic heterocycles. The van der Waals surface area contributed by atoms with Gasteiger partial charge in [0.2, 0.25) is 21.8 Å². The van der Waals surface area contributed by atoms with Crippen LogP contribution in [0.1, 0.15) is 13.3 Å². The van der Waals surface area contributed by atoms with Crippen molar-refractivity contribution in [1.29, 1.82) is 0 Å². The molecule has 0 saturated heterocycles. The molecule has 0 saturated carbocycles. The zero-order valence-electron chi connectivity index (χ0n) is 18.0. The van der Waals surface area contributed by atoms with Crippen molar-refractivity contribution in [2.24, 2.45) is 0 Å². The highest BCUT2D eigenvalue weighted by Gasteiger charge is 2.27. The van der Waals surface area contributed by atoms with Crippen molar-refractivity contribution in [1.82, 2.24) is 4.72 Å². The Morgan fingerprint density at radius 2 is 1.82 bits per heavy atom. The quantitative estimate of drug-likeness (QED) is 0.487. The number of anilines is 2. The van der Waals surface area contributed by atoms with Gasteiger partial charge in [0.25, 0.3) is 0 Å². The molecule has 1 heterocycles. The Balaban J connectivity index is 1.79. The largest absolute Gasteiger partial charge is 0.486 e. The van der Waals surface area contributed by atoms with E-state index < -0.39 is 33.7 Å². The number of ether oxygens (including phenoxy) is 2. The van der Waals surface area contributed by atoms with Gasteiger partial charge in [-0.05, 0) is 48.8 Å². The minimum atomic E-state index is -4.06. The zero-order chi connectivity index (χ0) is 24.0. The van der Waals surface area contributed by atoms with E-state index in [2.05, 4.69) is 15.4 Å². The van der Waals surface area contributed by atoms with E-state index in [1.165, 1.54) is 49.0 Å². The number of sulfonamides is 1. The monoisotopic (exact) mass is 497 g/mol. The van der Waals surface area contributed by atoms with Gasteiger partial charge in [0, 0.05) is 18.7 Å². The fourth-order valence-corrected chi connectivity index (χ4v) is 4.76. The normalized spacial score (nSPS) is 13.8. The lowest BCUT2D eigenvalue weighted by atomic mass is 10.2. The summed E-state index contributed by atoms with van der Waals surface area (Å²) >= 11 is 1.46. The zero-order valence-corrected chi connectivity index (χ0v) is 19.6. The summed E-state index contributed by atoms with van der Waals surface area (Å²) in [5.74, 6) is -0.480. The van der Waals surface area contributed by atoms with Crippen LogP contribution >= 0.6 is 11.8 Å². The molecule has 2 aromatic rings. The molecule has 2 amide bonds. The van der Waals surface area contributed by atoms with E-state index in [0.29, 0.717) is 30.5 Å². The SMILES string of the molecule is CSCC[C@H](NS(=O)(=O)c1ccc2c(c1)OCCO2)C(=O)Nc1ccc(F)c(NC(C)=O)c1. The van der Waals surface area contributed by atoms with Crippen LogP contribution in [0.15, 0.2) is 41.3 Å². The molecule has 1 atom stereocenters. The average molecular weight is 498 g/mol. The number of nitrogens with one attached hydrogen (secondary N) is 3. The first-order valence-electron chi connectivity index (χ1n) is 9.98. The minimum Gasteiger partial charge on any atom is -0.486 e. The fraction of sp³-hybridized carbons (Fsp3) is 0.333. The van der Waals surface area contributed by atoms with E-state index in [9.17, 15) is 22.4 Å². The Hall–Kier alpha value is -2.83. The lowest BCUT2D eigenvalue weighted by Gasteiger charge is -2.21. The highest BCUT2D eigenvalue weighted by Crippen LogP contribution is 2.32. The summed E-state index contributed by atoms with van der Waals surface area (Å²) in [5.41, 5.74) is 0.107. The molecule has 12 heteroatoms. The van der Waals surface area contributed by atoms with Crippen LogP contribution in [0.2, 0.25) is 0 Å². The van der Waals surface area contributed by atoms with Crippen LogP contribution in [0.5, 0.6) is 11.5 Å². The van der Waals surface area contributed by atoms with Gasteiger partial charge >= 0.3 is 0 Å². The van der Waals surface area contributed by atoms with E-state index in [1.54, 1.807) is 0 Å². The van der Waals surface area contributed by atoms with E-state index in [4.69, 9.17) is 9.47 Å². The molecule has 0 fully saturated rings. The van der Waals surface area contributed by atoms with Crippen molar-refractivity contribution in [3.8, 4) is 11.5 Å². The fourth-order valence-electron chi connectivity index (χ4n) is 3.04. The molecular formula is C21H24FN3O6S2. The second-order valence-corrected chi connectivity index (χ2v) is 9.83. The molecule has 0 unspecified atom stereocenters. The Kier molecular flexibility index (Phi) is 8.16. The first kappa shape index (κ1) is 24.8. The van der Waals surface area contributed by atoms with E-state index in [1.807, 2.05) is 6.26 Å². The van der Waals surface area contributed by atoms with Crippen LogP contribution in [0.3, 0.4) is 0 Å². The molecule has 178 valence electrons. The van der Waals surface area contributed by atoms with Crippen LogP contribution < -0.4 is 24.8 Å². The second-order valence-electron chi connectivity index (χ2n) is 7.13. The van der Waals surface area contributed by atoms with Gasteiger partial charge in [-0.15, -0.1) is 0 Å². The first-order chi connectivity index (χ1) is 15.7. The number of carbonyl (C=O) groups is 2. The third kappa shape index (κ3) is 6.59. The van der Waals surface area contributed by atoms with Gasteiger partial charge in [0.1, 0.15) is 25.1 Å². The van der Waals surface area contributed by atoms with Crippen LogP contribution in [0.4, 0.5) is 15.8 Å². The summed E-state index contributed by atoms with van der Waals surface area (Å²) in [6.07, 6.45) is 2.06. The smallest absolute Gasteiger partial charge is 0.242 e. The van der Waals surface area contributed by atoms with E-state index in [-0.39, 0.29) is 22.7 Å². The van der Waals surface area contributed by atoms with Gasteiger partial charge in [-0.3, -0.25) is 9.59 Å². The van der Waals surface area contributed by atoms with Crippen molar-refractivity contribution in [3.63, 3.8) is 0 Å². The molecule has 9 nitrogen and oxygen atoms in total. The summed E-state index contributed by atoms with van der Waals surface area (Å²) in [5, 5.41) is 4.91. The lowest BCUT2D eigenvalue weighted by molar-refractivity contribution is -0.117. The Labute approximate surface area is 195 Å². The number of rotatable bonds is 9. The molecule has 3 rings (SSSR count). The minimum absolute atomic E-state index is 0.0663. The Bertz CT molecular complexity index is 1140. The average Bonchev–Trinajstić information content (AvgIpc) is 2.78. The van der Waals surface area contributed by atoms with Gasteiger partial charge < -0.3 is 20.1 Å². The van der Waals surface area contributed by atoms with E-state index in [0.717, 1.165) is 6.07 Å². The molecule has 0 spiro atoms. The van der Waals surface area contributed by atoms with E-state index >= 15 is 0 Å². The maximum atomic E-state index is 13.9. The molecule has 3 N–H and O–H groups in total. The number of carbonyl (C=O) groups excluding carboxylic acids is 2. The number of hydrogen-bond donors (Lipinski definition) is 3. The summed E-state index contributed by atoms with van der Waals surface area (Å²) < 4.78 is 53.1. The van der Waals surface area contributed by atoms with Crippen LogP contribution in [-0.2, 0) is 19.6 Å². The molecular weight excluding hydrogens is 473 g/mol. The third-order valence-electron chi connectivity index (χ3n) is 4.59. The second kappa shape index (κ2) is 10.9. The number of amides is 2. The standard InChI is InChI=1S/C21H24FN3O6S2/c1-13(26)23-18-11-14(3-5-16(18)22)24-21(27)17(7-10-32-2)25-33(28,29)15-4-6-19-20(12-15)31-9-8-30-19/h3-6,11-12,17,25H,7-10H2,1-2H3,(H,23,26)(H,24,27)/t17-/m0/s1. The summed E-state index contributed by atoms with van der Waals surface area (Å²) in [6.45, 7) is 1.91. The number of halogens is 1. The van der Waals surface area contributed by atoms with Gasteiger partial charge in [0.05, 0.1) is 10.6 Å². The predicted molar refractivity (Wildman–Crippen MR) is 124 cm³/mol. The maximum Gasteiger partial charge on any atom is 0.242 e. The van der Waals surface area contributed by atoms with Gasteiger partial charge in [-0.2, -0.15) is 16.5 Å². The molecule has 33 heavy (non-hydrogen) atoms. The topological polar surface area (TPSA) is 123 Å². The van der Waals surface area contributed by atoms with Gasteiger partial charge in [0.15, 0.2) is 11.5 Å². The number of thioether (sulfide) groups is 1. The summed E-state index contributed by atoms with van der Waals surface area (Å²) in [4.78, 5) is 24.1. The summed E-state index contributed by atoms with van der Waals surface area (Å²) in [7, 11) is -4.06. The molecule has 1 aliphatic rings. The van der Waals surface area contributed by atoms with Crippen molar-refractivity contribution >= 4 is 45.0 Å². The third-order valence-corrected chi connectivity index (χ3v) is 6.71. The highest BCUT2D eigenvalue weighted by molar-refractivity contribution is 7.98. The predicted octanol–water partition coefficient (Wildman–Crippen LogP) is 2.59. The molecule has 2 aromatic carbocycles. The highest BCUT2D eigenvalue weighted by atomic mass is 32.2. The Morgan fingerprint density at radius 3 is 2.52 bits per heavy atom. The van der Waals surface area contributed by atoms with Crippen LogP contribution in [0, 0.1) is 5.82 Å². The van der Waals surface area contributed by atoms with Crippen molar-refractivity contribution in [3.05, 3.63) is 42.2 Å². The molecule has 1 aliphatic heterocycles. The first-order valence-corrected chi connectivity index (χ1v) is 12.9. The van der Waals surface area contributed by atoms with Crippen molar-refractivity contribution in [2.75, 3.05) is 35.9 Å². The molecule has 0 bridgehead atoms. The number of benzene rings is 2. The molecule has 0 radical (unpaired) electrons. The summed E-state index contributed by atoms with van der Waals surface area (Å²) in [6, 6.07) is 6.80. The van der Waals surface area contributed by atoms with Gasteiger partial charge in [-0.25, -0.2) is 12.8 Å².